The van der Waals surface area contributed by atoms with Crippen LogP contribution in [0.4, 0.5) is 0 Å². The summed E-state index contributed by atoms with van der Waals surface area (Å²) < 4.78 is 6.26. The van der Waals surface area contributed by atoms with Gasteiger partial charge in [-0.2, -0.15) is 10.1 Å². The number of aromatic nitrogens is 6. The second-order valence-electron chi connectivity index (χ2n) is 7.39. The van der Waals surface area contributed by atoms with Crippen LogP contribution in [0.15, 0.2) is 39.9 Å². The Hall–Kier alpha value is -3.42. The van der Waals surface area contributed by atoms with E-state index in [2.05, 4.69) is 16.1 Å². The van der Waals surface area contributed by atoms with Crippen LogP contribution < -0.4 is 11.2 Å². The Kier molecular flexibility index (Phi) is 4.49. The molecule has 0 aliphatic rings. The van der Waals surface area contributed by atoms with Crippen LogP contribution in [0, 0.1) is 20.8 Å². The summed E-state index contributed by atoms with van der Waals surface area (Å²) >= 11 is 0. The van der Waals surface area contributed by atoms with Crippen molar-refractivity contribution in [3.63, 3.8) is 0 Å². The van der Waals surface area contributed by atoms with E-state index in [4.69, 9.17) is 0 Å². The number of fused-ring (bicyclic) bond motifs is 1. The topological polar surface area (TPSA) is 79.6 Å². The molecule has 0 atom stereocenters. The standard InChI is InChI=1S/C21H24N6O2/c1-6-25-19(28)17-18(24(5)21(25)29)22-20(27-15(4)11-14(3)23-27)26(17)12-16-9-7-8-13(2)10-16/h7-11H,6,12H2,1-5H3. The van der Waals surface area contributed by atoms with E-state index in [1.807, 2.05) is 49.6 Å². The first-order valence-corrected chi connectivity index (χ1v) is 9.61. The Balaban J connectivity index is 2.10. The lowest BCUT2D eigenvalue weighted by Crippen LogP contribution is -2.39. The van der Waals surface area contributed by atoms with Crippen molar-refractivity contribution in [1.82, 2.24) is 28.5 Å². The third kappa shape index (κ3) is 3.00. The minimum atomic E-state index is -0.370. The third-order valence-corrected chi connectivity index (χ3v) is 5.15. The van der Waals surface area contributed by atoms with E-state index in [0.717, 1.165) is 22.5 Å². The molecule has 0 aliphatic heterocycles. The van der Waals surface area contributed by atoms with Crippen molar-refractivity contribution in [1.29, 1.82) is 0 Å². The minimum absolute atomic E-state index is 0.298. The molecular formula is C21H24N6O2. The lowest BCUT2D eigenvalue weighted by molar-refractivity contribution is 0.633. The van der Waals surface area contributed by atoms with Crippen molar-refractivity contribution in [3.05, 3.63) is 73.7 Å². The monoisotopic (exact) mass is 392 g/mol. The lowest BCUT2D eigenvalue weighted by Gasteiger charge is -2.11. The molecule has 0 unspecified atom stereocenters. The Morgan fingerprint density at radius 1 is 1.03 bits per heavy atom. The Morgan fingerprint density at radius 2 is 1.79 bits per heavy atom. The maximum absolute atomic E-state index is 13.2. The van der Waals surface area contributed by atoms with Crippen LogP contribution in [0.2, 0.25) is 0 Å². The van der Waals surface area contributed by atoms with Crippen molar-refractivity contribution in [2.24, 2.45) is 7.05 Å². The number of imidazole rings is 1. The van der Waals surface area contributed by atoms with Crippen LogP contribution in [0.25, 0.3) is 17.1 Å². The SMILES string of the molecule is CCn1c(=O)c2c(nc(-n3nc(C)cc3C)n2Cc2cccc(C)c2)n(C)c1=O. The van der Waals surface area contributed by atoms with Crippen molar-refractivity contribution in [2.75, 3.05) is 0 Å². The third-order valence-electron chi connectivity index (χ3n) is 5.15. The molecule has 3 aromatic heterocycles. The zero-order valence-corrected chi connectivity index (χ0v) is 17.3. The van der Waals surface area contributed by atoms with E-state index < -0.39 is 0 Å². The number of aryl methyl sites for hydroxylation is 4. The number of rotatable bonds is 4. The quantitative estimate of drug-likeness (QED) is 0.533. The average Bonchev–Trinajstić information content (AvgIpc) is 3.20. The number of nitrogens with zero attached hydrogens (tertiary/aromatic N) is 6. The molecule has 0 aliphatic carbocycles. The average molecular weight is 392 g/mol. The first-order chi connectivity index (χ1) is 13.8. The van der Waals surface area contributed by atoms with Crippen LogP contribution >= 0.6 is 0 Å². The van der Waals surface area contributed by atoms with Crippen LogP contribution in [0.5, 0.6) is 0 Å². The first kappa shape index (κ1) is 18.9. The molecule has 4 rings (SSSR count). The molecule has 8 heteroatoms. The molecule has 150 valence electrons. The maximum Gasteiger partial charge on any atom is 0.332 e. The zero-order chi connectivity index (χ0) is 20.9. The van der Waals surface area contributed by atoms with Gasteiger partial charge in [0.1, 0.15) is 0 Å². The molecule has 29 heavy (non-hydrogen) atoms. The summed E-state index contributed by atoms with van der Waals surface area (Å²) in [7, 11) is 1.64. The lowest BCUT2D eigenvalue weighted by atomic mass is 10.1. The number of benzene rings is 1. The molecule has 0 amide bonds. The number of hydrogen-bond acceptors (Lipinski definition) is 4. The van der Waals surface area contributed by atoms with Gasteiger partial charge in [-0.3, -0.25) is 18.5 Å². The molecule has 0 spiro atoms. The van der Waals surface area contributed by atoms with Gasteiger partial charge in [0.2, 0.25) is 5.95 Å². The van der Waals surface area contributed by atoms with Gasteiger partial charge in [0.05, 0.1) is 12.2 Å². The Morgan fingerprint density at radius 3 is 2.41 bits per heavy atom. The van der Waals surface area contributed by atoms with Gasteiger partial charge in [-0.05, 0) is 39.3 Å². The summed E-state index contributed by atoms with van der Waals surface area (Å²) in [5.41, 5.74) is 4.00. The second kappa shape index (κ2) is 6.88. The minimum Gasteiger partial charge on any atom is -0.298 e. The molecular weight excluding hydrogens is 368 g/mol. The molecule has 3 heterocycles. The van der Waals surface area contributed by atoms with E-state index in [0.29, 0.717) is 30.2 Å². The van der Waals surface area contributed by atoms with Crippen molar-refractivity contribution >= 4 is 11.2 Å². The molecule has 0 N–H and O–H groups in total. The summed E-state index contributed by atoms with van der Waals surface area (Å²) in [5.74, 6) is 0.521. The normalized spacial score (nSPS) is 11.5. The van der Waals surface area contributed by atoms with Gasteiger partial charge in [0.25, 0.3) is 5.56 Å². The fourth-order valence-electron chi connectivity index (χ4n) is 3.77. The second-order valence-corrected chi connectivity index (χ2v) is 7.39. The highest BCUT2D eigenvalue weighted by Crippen LogP contribution is 2.19. The smallest absolute Gasteiger partial charge is 0.298 e. The predicted molar refractivity (Wildman–Crippen MR) is 112 cm³/mol. The van der Waals surface area contributed by atoms with Gasteiger partial charge in [0.15, 0.2) is 11.2 Å². The van der Waals surface area contributed by atoms with Crippen LogP contribution in [0.3, 0.4) is 0 Å². The molecule has 0 saturated carbocycles. The van der Waals surface area contributed by atoms with Crippen LogP contribution in [-0.4, -0.2) is 28.5 Å². The Labute approximate surface area is 167 Å². The number of hydrogen-bond donors (Lipinski definition) is 0. The molecule has 0 saturated heterocycles. The molecule has 1 aromatic carbocycles. The molecule has 0 bridgehead atoms. The first-order valence-electron chi connectivity index (χ1n) is 9.61. The highest BCUT2D eigenvalue weighted by molar-refractivity contribution is 5.73. The molecule has 4 aromatic rings. The summed E-state index contributed by atoms with van der Waals surface area (Å²) in [6.45, 7) is 8.43. The fraction of sp³-hybridized carbons (Fsp3) is 0.333. The van der Waals surface area contributed by atoms with Gasteiger partial charge >= 0.3 is 5.69 Å². The highest BCUT2D eigenvalue weighted by Gasteiger charge is 2.22. The van der Waals surface area contributed by atoms with Crippen molar-refractivity contribution in [3.8, 4) is 5.95 Å². The summed E-state index contributed by atoms with van der Waals surface area (Å²) in [4.78, 5) is 30.5. The Bertz CT molecular complexity index is 1350. The van der Waals surface area contributed by atoms with Gasteiger partial charge in [-0.25, -0.2) is 9.48 Å². The van der Waals surface area contributed by atoms with Crippen molar-refractivity contribution < 1.29 is 0 Å². The van der Waals surface area contributed by atoms with Gasteiger partial charge in [0, 0.05) is 19.3 Å². The van der Waals surface area contributed by atoms with E-state index in [1.54, 1.807) is 18.7 Å². The van der Waals surface area contributed by atoms with E-state index in [9.17, 15) is 9.59 Å². The van der Waals surface area contributed by atoms with Gasteiger partial charge in [-0.15, -0.1) is 0 Å². The molecule has 8 nitrogen and oxygen atoms in total. The summed E-state index contributed by atoms with van der Waals surface area (Å²) in [6, 6.07) is 10.1. The van der Waals surface area contributed by atoms with Gasteiger partial charge < -0.3 is 0 Å². The van der Waals surface area contributed by atoms with Crippen LogP contribution in [-0.2, 0) is 20.1 Å². The summed E-state index contributed by atoms with van der Waals surface area (Å²) in [6.07, 6.45) is 0. The molecule has 0 radical (unpaired) electrons. The maximum atomic E-state index is 13.2. The molecule has 0 fully saturated rings. The van der Waals surface area contributed by atoms with Gasteiger partial charge in [-0.1, -0.05) is 29.8 Å². The van der Waals surface area contributed by atoms with E-state index in [-0.39, 0.29) is 11.2 Å². The van der Waals surface area contributed by atoms with E-state index >= 15 is 0 Å². The predicted octanol–water partition coefficient (Wildman–Crippen LogP) is 2.08. The zero-order valence-electron chi connectivity index (χ0n) is 17.3. The van der Waals surface area contributed by atoms with Crippen LogP contribution in [0.1, 0.15) is 29.4 Å². The fourth-order valence-corrected chi connectivity index (χ4v) is 3.77. The van der Waals surface area contributed by atoms with E-state index in [1.165, 1.54) is 9.13 Å². The largest absolute Gasteiger partial charge is 0.332 e. The van der Waals surface area contributed by atoms with Crippen molar-refractivity contribution in [2.45, 2.75) is 40.8 Å². The highest BCUT2D eigenvalue weighted by atomic mass is 16.2. The summed E-state index contributed by atoms with van der Waals surface area (Å²) in [5, 5.41) is 4.56.